The Kier molecular flexibility index (Phi) is 5.91. The normalized spacial score (nSPS) is 10.8. The molecule has 0 heterocycles. The predicted molar refractivity (Wildman–Crippen MR) is 72.7 cm³/mol. The van der Waals surface area contributed by atoms with Crippen molar-refractivity contribution in [1.29, 1.82) is 0 Å². The minimum absolute atomic E-state index is 0.0774. The molecule has 0 aromatic heterocycles. The van der Waals surface area contributed by atoms with Crippen molar-refractivity contribution in [2.75, 3.05) is 12.0 Å². The minimum Gasteiger partial charge on any atom is -0.480 e. The second-order valence-corrected chi connectivity index (χ2v) is 3.57. The molecule has 0 atom stereocenters. The number of nitrogens with two attached hydrogens (primary N) is 1. The van der Waals surface area contributed by atoms with Gasteiger partial charge in [0.15, 0.2) is 0 Å². The van der Waals surface area contributed by atoms with Crippen molar-refractivity contribution in [2.24, 2.45) is 10.9 Å². The maximum Gasteiger partial charge on any atom is 0.294 e. The lowest BCUT2D eigenvalue weighted by Gasteiger charge is -2.07. The van der Waals surface area contributed by atoms with Gasteiger partial charge in [-0.05, 0) is 13.0 Å². The van der Waals surface area contributed by atoms with Gasteiger partial charge in [0.05, 0.1) is 11.5 Å². The second-order valence-electron chi connectivity index (χ2n) is 3.57. The summed E-state index contributed by atoms with van der Waals surface area (Å²) in [4.78, 5) is 21.4. The van der Waals surface area contributed by atoms with Gasteiger partial charge in [-0.15, -0.1) is 5.10 Å². The Balaban J connectivity index is 2.86. The van der Waals surface area contributed by atoms with E-state index in [0.29, 0.717) is 6.61 Å². The first-order valence-electron chi connectivity index (χ1n) is 5.76. The van der Waals surface area contributed by atoms with Gasteiger partial charge in [-0.2, -0.15) is 0 Å². The van der Waals surface area contributed by atoms with Crippen molar-refractivity contribution in [2.45, 2.75) is 13.3 Å². The first-order valence-corrected chi connectivity index (χ1v) is 5.76. The molecule has 9 nitrogen and oxygen atoms in total. The van der Waals surface area contributed by atoms with Crippen LogP contribution in [-0.4, -0.2) is 23.3 Å². The number of anilines is 1. The molecule has 1 aromatic rings. The Morgan fingerprint density at radius 2 is 2.20 bits per heavy atom. The number of hydrazone groups is 1. The molecule has 0 aliphatic rings. The Morgan fingerprint density at radius 1 is 1.50 bits per heavy atom. The molecule has 1 rings (SSSR count). The number of amides is 1. The molecule has 1 amide bonds. The number of para-hydroxylation sites is 2. The number of carbonyl (C=O) groups is 1. The van der Waals surface area contributed by atoms with Crippen LogP contribution in [0.25, 0.3) is 0 Å². The first-order chi connectivity index (χ1) is 9.58. The molecule has 0 fully saturated rings. The average Bonchev–Trinajstić information content (AvgIpc) is 2.45. The smallest absolute Gasteiger partial charge is 0.294 e. The van der Waals surface area contributed by atoms with E-state index in [2.05, 4.69) is 10.5 Å². The number of hydrazine groups is 1. The third-order valence-corrected chi connectivity index (χ3v) is 2.19. The Bertz CT molecular complexity index is 517. The fourth-order valence-corrected chi connectivity index (χ4v) is 1.33. The molecular weight excluding hydrogens is 266 g/mol. The van der Waals surface area contributed by atoms with Gasteiger partial charge in [-0.3, -0.25) is 25.8 Å². The lowest BCUT2D eigenvalue weighted by atomic mass is 10.3. The Labute approximate surface area is 114 Å². The Hall–Kier alpha value is -2.68. The number of ether oxygens (including phenoxy) is 1. The van der Waals surface area contributed by atoms with Crippen LogP contribution in [0.4, 0.5) is 11.4 Å². The van der Waals surface area contributed by atoms with Gasteiger partial charge in [-0.25, -0.2) is 5.84 Å². The zero-order valence-electron chi connectivity index (χ0n) is 10.8. The summed E-state index contributed by atoms with van der Waals surface area (Å²) in [6, 6.07) is 6.00. The number of hydrogen-bond donors (Lipinski definition) is 3. The largest absolute Gasteiger partial charge is 0.480 e. The highest BCUT2D eigenvalue weighted by Gasteiger charge is 2.13. The number of nitrogens with one attached hydrogen (secondary N) is 2. The minimum atomic E-state index is -0.537. The number of carbonyl (C=O) groups excluding carboxylic acids is 1. The zero-order valence-corrected chi connectivity index (χ0v) is 10.8. The number of benzene rings is 1. The molecule has 0 spiro atoms. The van der Waals surface area contributed by atoms with Crippen LogP contribution in [0.1, 0.15) is 13.3 Å². The summed E-state index contributed by atoms with van der Waals surface area (Å²) in [6.07, 6.45) is -0.169. The predicted octanol–water partition coefficient (Wildman–Crippen LogP) is 0.737. The third kappa shape index (κ3) is 4.53. The molecule has 4 N–H and O–H groups in total. The summed E-state index contributed by atoms with van der Waals surface area (Å²) in [5, 5.41) is 14.7. The van der Waals surface area contributed by atoms with Crippen LogP contribution in [-0.2, 0) is 9.53 Å². The molecule has 0 aliphatic heterocycles. The van der Waals surface area contributed by atoms with Crippen LogP contribution < -0.4 is 16.7 Å². The maximum atomic E-state index is 11.2. The van der Waals surface area contributed by atoms with E-state index in [1.54, 1.807) is 19.1 Å². The van der Waals surface area contributed by atoms with Gasteiger partial charge in [0, 0.05) is 6.07 Å². The number of nitro benzene ring substituents is 1. The molecule has 0 bridgehead atoms. The lowest BCUT2D eigenvalue weighted by Crippen LogP contribution is -2.32. The van der Waals surface area contributed by atoms with Crippen LogP contribution in [0.2, 0.25) is 0 Å². The highest BCUT2D eigenvalue weighted by molar-refractivity contribution is 5.97. The van der Waals surface area contributed by atoms with Gasteiger partial charge < -0.3 is 4.74 Å². The zero-order chi connectivity index (χ0) is 15.0. The van der Waals surface area contributed by atoms with E-state index in [1.165, 1.54) is 12.1 Å². The van der Waals surface area contributed by atoms with E-state index in [9.17, 15) is 14.9 Å². The van der Waals surface area contributed by atoms with Crippen molar-refractivity contribution in [3.05, 3.63) is 34.4 Å². The fourth-order valence-electron chi connectivity index (χ4n) is 1.33. The standard InChI is InChI=1S/C11H15N5O4/c1-2-20-11(7-10(17)13-12)15-14-8-5-3-4-6-9(8)16(18)19/h3-6,14H,2,7,12H2,1H3,(H,13,17)/b15-11-. The van der Waals surface area contributed by atoms with Gasteiger partial charge in [0.1, 0.15) is 12.1 Å². The van der Waals surface area contributed by atoms with Crippen LogP contribution >= 0.6 is 0 Å². The Morgan fingerprint density at radius 3 is 2.80 bits per heavy atom. The molecule has 1 aromatic carbocycles. The lowest BCUT2D eigenvalue weighted by molar-refractivity contribution is -0.384. The van der Waals surface area contributed by atoms with Crippen molar-refractivity contribution >= 4 is 23.2 Å². The van der Waals surface area contributed by atoms with Crippen molar-refractivity contribution in [1.82, 2.24) is 5.43 Å². The van der Waals surface area contributed by atoms with Crippen molar-refractivity contribution in [3.8, 4) is 0 Å². The first kappa shape index (κ1) is 15.4. The van der Waals surface area contributed by atoms with Crippen molar-refractivity contribution in [3.63, 3.8) is 0 Å². The molecule has 0 radical (unpaired) electrons. The molecule has 0 saturated carbocycles. The molecular formula is C11H15N5O4. The van der Waals surface area contributed by atoms with E-state index in [0.717, 1.165) is 0 Å². The summed E-state index contributed by atoms with van der Waals surface area (Å²) in [5.74, 6) is 4.56. The third-order valence-electron chi connectivity index (χ3n) is 2.19. The maximum absolute atomic E-state index is 11.2. The monoisotopic (exact) mass is 281 g/mol. The summed E-state index contributed by atoms with van der Waals surface area (Å²) >= 11 is 0. The summed E-state index contributed by atoms with van der Waals surface area (Å²) in [6.45, 7) is 2.02. The van der Waals surface area contributed by atoms with Gasteiger partial charge in [-0.1, -0.05) is 12.1 Å². The molecule has 0 saturated heterocycles. The average molecular weight is 281 g/mol. The topological polar surface area (TPSA) is 132 Å². The molecule has 9 heteroatoms. The van der Waals surface area contributed by atoms with Crippen LogP contribution in [0.15, 0.2) is 29.4 Å². The quantitative estimate of drug-likeness (QED) is 0.176. The number of rotatable bonds is 6. The van der Waals surface area contributed by atoms with Gasteiger partial charge in [0.2, 0.25) is 11.8 Å². The SMILES string of the molecule is CCO/C(CC(=O)NN)=N\Nc1ccccc1[N+](=O)[O-]. The molecule has 20 heavy (non-hydrogen) atoms. The number of nitro groups is 1. The van der Waals surface area contributed by atoms with Crippen molar-refractivity contribution < 1.29 is 14.5 Å². The van der Waals surface area contributed by atoms with Gasteiger partial charge >= 0.3 is 0 Å². The summed E-state index contributed by atoms with van der Waals surface area (Å²) in [7, 11) is 0. The fraction of sp³-hybridized carbons (Fsp3) is 0.273. The summed E-state index contributed by atoms with van der Waals surface area (Å²) < 4.78 is 5.14. The second kappa shape index (κ2) is 7.69. The van der Waals surface area contributed by atoms with E-state index in [4.69, 9.17) is 10.6 Å². The molecule has 108 valence electrons. The van der Waals surface area contributed by atoms with E-state index >= 15 is 0 Å². The van der Waals surface area contributed by atoms with Crippen LogP contribution in [0.3, 0.4) is 0 Å². The van der Waals surface area contributed by atoms with E-state index in [1.807, 2.05) is 5.43 Å². The molecule has 0 unspecified atom stereocenters. The van der Waals surface area contributed by atoms with Gasteiger partial charge in [0.25, 0.3) is 5.69 Å². The van der Waals surface area contributed by atoms with E-state index in [-0.39, 0.29) is 23.7 Å². The van der Waals surface area contributed by atoms with Crippen LogP contribution in [0.5, 0.6) is 0 Å². The molecule has 0 aliphatic carbocycles. The number of nitrogens with zero attached hydrogens (tertiary/aromatic N) is 2. The van der Waals surface area contributed by atoms with Crippen LogP contribution in [0, 0.1) is 10.1 Å². The number of hydrogen-bond acceptors (Lipinski definition) is 7. The van der Waals surface area contributed by atoms with E-state index < -0.39 is 10.8 Å². The highest BCUT2D eigenvalue weighted by atomic mass is 16.6. The highest BCUT2D eigenvalue weighted by Crippen LogP contribution is 2.23. The summed E-state index contributed by atoms with van der Waals surface area (Å²) in [5.41, 5.74) is 4.52.